The van der Waals surface area contributed by atoms with Crippen molar-refractivity contribution >= 4 is 5.84 Å². The molecule has 1 aliphatic carbocycles. The molecule has 2 nitrogen and oxygen atoms in total. The third-order valence-corrected chi connectivity index (χ3v) is 2.85. The molecular formula is C11H14N2. The van der Waals surface area contributed by atoms with Crippen molar-refractivity contribution in [3.05, 3.63) is 35.9 Å². The standard InChI is InChI=1S/C11H14N2/c12-11(13)10-6-9(7-10)8-4-2-1-3-5-8/h1-5,9-10H,6-7H2,(H3,12,13). The average molecular weight is 174 g/mol. The number of amidine groups is 1. The Morgan fingerprint density at radius 3 is 2.38 bits per heavy atom. The van der Waals surface area contributed by atoms with Gasteiger partial charge in [-0.1, -0.05) is 30.3 Å². The third kappa shape index (κ3) is 1.57. The minimum atomic E-state index is 0.338. The van der Waals surface area contributed by atoms with Gasteiger partial charge in [-0.25, -0.2) is 0 Å². The fraction of sp³-hybridized carbons (Fsp3) is 0.364. The molecule has 0 aromatic heterocycles. The van der Waals surface area contributed by atoms with Crippen LogP contribution in [0.1, 0.15) is 24.3 Å². The number of rotatable bonds is 2. The maximum Gasteiger partial charge on any atom is 0.0937 e. The number of hydrogen-bond donors (Lipinski definition) is 2. The topological polar surface area (TPSA) is 49.9 Å². The van der Waals surface area contributed by atoms with Gasteiger partial charge in [-0.2, -0.15) is 0 Å². The van der Waals surface area contributed by atoms with Crippen LogP contribution in [0.2, 0.25) is 0 Å². The van der Waals surface area contributed by atoms with E-state index in [4.69, 9.17) is 11.1 Å². The lowest BCUT2D eigenvalue weighted by molar-refractivity contribution is 0.341. The zero-order valence-electron chi connectivity index (χ0n) is 7.53. The molecule has 0 bridgehead atoms. The van der Waals surface area contributed by atoms with Gasteiger partial charge < -0.3 is 5.73 Å². The molecule has 1 fully saturated rings. The number of nitrogens with one attached hydrogen (secondary N) is 1. The normalized spacial score (nSPS) is 26.5. The van der Waals surface area contributed by atoms with Gasteiger partial charge in [0.1, 0.15) is 0 Å². The second kappa shape index (κ2) is 3.21. The first-order chi connectivity index (χ1) is 6.27. The Kier molecular flexibility index (Phi) is 2.05. The highest BCUT2D eigenvalue weighted by Gasteiger charge is 2.31. The van der Waals surface area contributed by atoms with Gasteiger partial charge in [0, 0.05) is 5.92 Å². The summed E-state index contributed by atoms with van der Waals surface area (Å²) < 4.78 is 0. The first kappa shape index (κ1) is 8.30. The fourth-order valence-electron chi connectivity index (χ4n) is 1.87. The molecule has 0 spiro atoms. The minimum absolute atomic E-state index is 0.338. The Labute approximate surface area is 78.3 Å². The monoisotopic (exact) mass is 174 g/mol. The highest BCUT2D eigenvalue weighted by atomic mass is 14.7. The Morgan fingerprint density at radius 1 is 1.23 bits per heavy atom. The zero-order chi connectivity index (χ0) is 9.26. The van der Waals surface area contributed by atoms with E-state index in [1.165, 1.54) is 5.56 Å². The van der Waals surface area contributed by atoms with E-state index < -0.39 is 0 Å². The first-order valence-corrected chi connectivity index (χ1v) is 4.66. The van der Waals surface area contributed by atoms with Crippen molar-refractivity contribution in [3.8, 4) is 0 Å². The maximum absolute atomic E-state index is 7.28. The summed E-state index contributed by atoms with van der Waals surface area (Å²) in [7, 11) is 0. The summed E-state index contributed by atoms with van der Waals surface area (Å²) in [6.07, 6.45) is 2.11. The van der Waals surface area contributed by atoms with E-state index in [-0.39, 0.29) is 0 Å². The Hall–Kier alpha value is -1.31. The van der Waals surface area contributed by atoms with Crippen LogP contribution in [0.4, 0.5) is 0 Å². The molecule has 0 unspecified atom stereocenters. The van der Waals surface area contributed by atoms with E-state index in [2.05, 4.69) is 24.3 Å². The van der Waals surface area contributed by atoms with Gasteiger partial charge in [0.05, 0.1) is 5.84 Å². The summed E-state index contributed by atoms with van der Waals surface area (Å²) in [4.78, 5) is 0. The second-order valence-electron chi connectivity index (χ2n) is 3.73. The molecule has 0 heterocycles. The second-order valence-corrected chi connectivity index (χ2v) is 3.73. The molecule has 0 atom stereocenters. The van der Waals surface area contributed by atoms with Gasteiger partial charge in [-0.15, -0.1) is 0 Å². The highest BCUT2D eigenvalue weighted by molar-refractivity contribution is 5.80. The molecule has 0 radical (unpaired) electrons. The van der Waals surface area contributed by atoms with E-state index in [1.54, 1.807) is 0 Å². The average Bonchev–Trinajstić information content (AvgIpc) is 2.02. The predicted molar refractivity (Wildman–Crippen MR) is 53.8 cm³/mol. The molecule has 1 saturated carbocycles. The number of hydrogen-bond acceptors (Lipinski definition) is 1. The molecule has 0 aliphatic heterocycles. The van der Waals surface area contributed by atoms with Crippen LogP contribution in [0, 0.1) is 11.3 Å². The highest BCUT2D eigenvalue weighted by Crippen LogP contribution is 2.41. The summed E-state index contributed by atoms with van der Waals surface area (Å²) in [5.41, 5.74) is 6.81. The van der Waals surface area contributed by atoms with E-state index in [0.717, 1.165) is 12.8 Å². The third-order valence-electron chi connectivity index (χ3n) is 2.85. The van der Waals surface area contributed by atoms with Crippen molar-refractivity contribution in [2.75, 3.05) is 0 Å². The molecule has 0 saturated heterocycles. The lowest BCUT2D eigenvalue weighted by Gasteiger charge is -2.34. The zero-order valence-corrected chi connectivity index (χ0v) is 7.53. The minimum Gasteiger partial charge on any atom is -0.387 e. The summed E-state index contributed by atoms with van der Waals surface area (Å²) >= 11 is 0. The van der Waals surface area contributed by atoms with Crippen LogP contribution in [0.5, 0.6) is 0 Å². The Balaban J connectivity index is 1.98. The van der Waals surface area contributed by atoms with E-state index in [1.807, 2.05) is 6.07 Å². The van der Waals surface area contributed by atoms with Gasteiger partial charge in [-0.05, 0) is 24.3 Å². The molecular weight excluding hydrogens is 160 g/mol. The first-order valence-electron chi connectivity index (χ1n) is 4.66. The van der Waals surface area contributed by atoms with E-state index in [0.29, 0.717) is 17.7 Å². The van der Waals surface area contributed by atoms with Crippen molar-refractivity contribution < 1.29 is 0 Å². The molecule has 0 amide bonds. The summed E-state index contributed by atoms with van der Waals surface area (Å²) in [5.74, 6) is 1.33. The summed E-state index contributed by atoms with van der Waals surface area (Å²) in [6.45, 7) is 0. The molecule has 2 rings (SSSR count). The quantitative estimate of drug-likeness (QED) is 0.523. The molecule has 2 heteroatoms. The largest absolute Gasteiger partial charge is 0.387 e. The van der Waals surface area contributed by atoms with Crippen molar-refractivity contribution in [2.24, 2.45) is 11.7 Å². The lowest BCUT2D eigenvalue weighted by Crippen LogP contribution is -2.33. The molecule has 1 aliphatic rings. The molecule has 68 valence electrons. The van der Waals surface area contributed by atoms with Crippen LogP contribution < -0.4 is 5.73 Å². The number of nitrogens with two attached hydrogens (primary N) is 1. The van der Waals surface area contributed by atoms with Gasteiger partial charge >= 0.3 is 0 Å². The SMILES string of the molecule is N=C(N)C1CC(c2ccccc2)C1. The van der Waals surface area contributed by atoms with E-state index in [9.17, 15) is 0 Å². The van der Waals surface area contributed by atoms with Gasteiger partial charge in [-0.3, -0.25) is 5.41 Å². The van der Waals surface area contributed by atoms with Gasteiger partial charge in [0.25, 0.3) is 0 Å². The van der Waals surface area contributed by atoms with Crippen LogP contribution in [-0.4, -0.2) is 5.84 Å². The summed E-state index contributed by atoms with van der Waals surface area (Å²) in [5, 5.41) is 7.28. The smallest absolute Gasteiger partial charge is 0.0937 e. The van der Waals surface area contributed by atoms with Gasteiger partial charge in [0.15, 0.2) is 0 Å². The molecule has 3 N–H and O–H groups in total. The van der Waals surface area contributed by atoms with Crippen LogP contribution in [0.15, 0.2) is 30.3 Å². The van der Waals surface area contributed by atoms with Crippen LogP contribution >= 0.6 is 0 Å². The lowest BCUT2D eigenvalue weighted by atomic mass is 9.71. The van der Waals surface area contributed by atoms with Crippen molar-refractivity contribution in [3.63, 3.8) is 0 Å². The Bertz CT molecular complexity index is 299. The summed E-state index contributed by atoms with van der Waals surface area (Å²) in [6, 6.07) is 10.5. The van der Waals surface area contributed by atoms with Crippen LogP contribution in [0.3, 0.4) is 0 Å². The van der Waals surface area contributed by atoms with Crippen LogP contribution in [-0.2, 0) is 0 Å². The van der Waals surface area contributed by atoms with Crippen molar-refractivity contribution in [2.45, 2.75) is 18.8 Å². The van der Waals surface area contributed by atoms with Crippen molar-refractivity contribution in [1.82, 2.24) is 0 Å². The van der Waals surface area contributed by atoms with Crippen molar-refractivity contribution in [1.29, 1.82) is 5.41 Å². The molecule has 1 aromatic carbocycles. The molecule has 13 heavy (non-hydrogen) atoms. The number of benzene rings is 1. The van der Waals surface area contributed by atoms with Crippen LogP contribution in [0.25, 0.3) is 0 Å². The maximum atomic E-state index is 7.28. The molecule has 1 aromatic rings. The van der Waals surface area contributed by atoms with E-state index >= 15 is 0 Å². The Morgan fingerprint density at radius 2 is 1.85 bits per heavy atom. The van der Waals surface area contributed by atoms with Gasteiger partial charge in [0.2, 0.25) is 0 Å². The fourth-order valence-corrected chi connectivity index (χ4v) is 1.87. The predicted octanol–water partition coefficient (Wildman–Crippen LogP) is 2.12.